The number of thioether (sulfide) groups is 2. The fourth-order valence-corrected chi connectivity index (χ4v) is 4.46. The van der Waals surface area contributed by atoms with E-state index >= 15 is 0 Å². The SMILES string of the molecule is Cc1cccc(CC(=O)C2CSCCS2)c1. The summed E-state index contributed by atoms with van der Waals surface area (Å²) in [6.07, 6.45) is 0.597. The standard InChI is InChI=1S/C13H16OS2/c1-10-3-2-4-11(7-10)8-12(14)13-9-15-5-6-16-13/h2-4,7,13H,5-6,8-9H2,1H3. The molecule has 1 unspecified atom stereocenters. The second-order valence-electron chi connectivity index (χ2n) is 4.07. The highest BCUT2D eigenvalue weighted by Crippen LogP contribution is 2.25. The van der Waals surface area contributed by atoms with E-state index in [9.17, 15) is 4.79 Å². The Labute approximate surface area is 105 Å². The summed E-state index contributed by atoms with van der Waals surface area (Å²) in [6, 6.07) is 8.25. The summed E-state index contributed by atoms with van der Waals surface area (Å²) in [5.74, 6) is 3.70. The number of hydrogen-bond acceptors (Lipinski definition) is 3. The smallest absolute Gasteiger partial charge is 0.151 e. The Morgan fingerprint density at radius 3 is 3.00 bits per heavy atom. The van der Waals surface area contributed by atoms with Crippen LogP contribution in [0.15, 0.2) is 24.3 Å². The lowest BCUT2D eigenvalue weighted by atomic mass is 10.1. The molecule has 1 aliphatic heterocycles. The van der Waals surface area contributed by atoms with Gasteiger partial charge >= 0.3 is 0 Å². The van der Waals surface area contributed by atoms with E-state index in [1.165, 1.54) is 11.3 Å². The average Bonchev–Trinajstić information content (AvgIpc) is 2.30. The molecule has 1 aromatic rings. The first kappa shape index (κ1) is 12.1. The van der Waals surface area contributed by atoms with E-state index in [-0.39, 0.29) is 5.25 Å². The summed E-state index contributed by atoms with van der Waals surface area (Å²) in [6.45, 7) is 2.07. The zero-order chi connectivity index (χ0) is 11.4. The van der Waals surface area contributed by atoms with Crippen molar-refractivity contribution in [1.82, 2.24) is 0 Å². The first-order chi connectivity index (χ1) is 7.75. The summed E-state index contributed by atoms with van der Waals surface area (Å²) >= 11 is 3.73. The monoisotopic (exact) mass is 252 g/mol. The van der Waals surface area contributed by atoms with Crippen molar-refractivity contribution in [2.24, 2.45) is 0 Å². The summed E-state index contributed by atoms with van der Waals surface area (Å²) in [7, 11) is 0. The molecule has 0 amide bonds. The van der Waals surface area contributed by atoms with Crippen LogP contribution in [0.3, 0.4) is 0 Å². The molecule has 0 saturated carbocycles. The molecule has 1 atom stereocenters. The minimum absolute atomic E-state index is 0.222. The van der Waals surface area contributed by atoms with Crippen LogP contribution >= 0.6 is 23.5 Å². The van der Waals surface area contributed by atoms with Crippen LogP contribution in [0.1, 0.15) is 11.1 Å². The van der Waals surface area contributed by atoms with Gasteiger partial charge in [-0.3, -0.25) is 4.79 Å². The van der Waals surface area contributed by atoms with Crippen molar-refractivity contribution < 1.29 is 4.79 Å². The normalized spacial score (nSPS) is 20.7. The Kier molecular flexibility index (Phi) is 4.36. The largest absolute Gasteiger partial charge is 0.298 e. The van der Waals surface area contributed by atoms with Crippen molar-refractivity contribution in [3.05, 3.63) is 35.4 Å². The Hall–Kier alpha value is -0.410. The molecule has 0 spiro atoms. The zero-order valence-electron chi connectivity index (χ0n) is 9.44. The van der Waals surface area contributed by atoms with Crippen molar-refractivity contribution >= 4 is 29.3 Å². The van der Waals surface area contributed by atoms with Gasteiger partial charge in [-0.1, -0.05) is 29.8 Å². The third kappa shape index (κ3) is 3.29. The molecule has 1 fully saturated rings. The summed E-state index contributed by atoms with van der Waals surface area (Å²) in [5, 5.41) is 0.222. The van der Waals surface area contributed by atoms with Crippen molar-refractivity contribution in [1.29, 1.82) is 0 Å². The molecule has 0 N–H and O–H groups in total. The Bertz CT molecular complexity index is 370. The molecule has 1 nitrogen and oxygen atoms in total. The Morgan fingerprint density at radius 1 is 1.44 bits per heavy atom. The molecule has 86 valence electrons. The number of ketones is 1. The van der Waals surface area contributed by atoms with E-state index in [0.29, 0.717) is 12.2 Å². The fraction of sp³-hybridized carbons (Fsp3) is 0.462. The molecule has 16 heavy (non-hydrogen) atoms. The summed E-state index contributed by atoms with van der Waals surface area (Å²) in [5.41, 5.74) is 2.39. The average molecular weight is 252 g/mol. The number of rotatable bonds is 3. The molecule has 1 aliphatic rings. The maximum Gasteiger partial charge on any atom is 0.151 e. The first-order valence-electron chi connectivity index (χ1n) is 5.53. The first-order valence-corrected chi connectivity index (χ1v) is 7.73. The van der Waals surface area contributed by atoms with Gasteiger partial charge in [0.05, 0.1) is 5.25 Å². The highest BCUT2D eigenvalue weighted by molar-refractivity contribution is 8.07. The Morgan fingerprint density at radius 2 is 2.31 bits per heavy atom. The number of aryl methyl sites for hydroxylation is 1. The quantitative estimate of drug-likeness (QED) is 0.823. The number of hydrogen-bond donors (Lipinski definition) is 0. The van der Waals surface area contributed by atoms with Gasteiger partial charge in [0, 0.05) is 23.7 Å². The van der Waals surface area contributed by atoms with Crippen molar-refractivity contribution in [2.75, 3.05) is 17.3 Å². The molecule has 1 saturated heterocycles. The lowest BCUT2D eigenvalue weighted by Crippen LogP contribution is -2.25. The van der Waals surface area contributed by atoms with Crippen LogP contribution in [0.2, 0.25) is 0 Å². The van der Waals surface area contributed by atoms with Gasteiger partial charge in [-0.25, -0.2) is 0 Å². The van der Waals surface area contributed by atoms with Crippen molar-refractivity contribution in [3.8, 4) is 0 Å². The minimum atomic E-state index is 0.222. The molecule has 3 heteroatoms. The van der Waals surface area contributed by atoms with Gasteiger partial charge in [-0.15, -0.1) is 11.8 Å². The third-order valence-electron chi connectivity index (χ3n) is 2.64. The van der Waals surface area contributed by atoms with Crippen LogP contribution in [-0.2, 0) is 11.2 Å². The molecule has 0 bridgehead atoms. The predicted molar refractivity (Wildman–Crippen MR) is 73.5 cm³/mol. The lowest BCUT2D eigenvalue weighted by molar-refractivity contribution is -0.117. The van der Waals surface area contributed by atoms with Crippen LogP contribution in [0.5, 0.6) is 0 Å². The lowest BCUT2D eigenvalue weighted by Gasteiger charge is -2.19. The van der Waals surface area contributed by atoms with Gasteiger partial charge in [0.2, 0.25) is 0 Å². The zero-order valence-corrected chi connectivity index (χ0v) is 11.1. The predicted octanol–water partition coefficient (Wildman–Crippen LogP) is 2.96. The van der Waals surface area contributed by atoms with Gasteiger partial charge in [-0.05, 0) is 12.5 Å². The highest BCUT2D eigenvalue weighted by atomic mass is 32.2. The van der Waals surface area contributed by atoms with Gasteiger partial charge < -0.3 is 0 Å². The highest BCUT2D eigenvalue weighted by Gasteiger charge is 2.21. The fourth-order valence-electron chi connectivity index (χ4n) is 1.81. The number of Topliss-reactive ketones (excluding diaryl/α,β-unsaturated/α-hetero) is 1. The van der Waals surface area contributed by atoms with Crippen molar-refractivity contribution in [2.45, 2.75) is 18.6 Å². The van der Waals surface area contributed by atoms with E-state index in [1.54, 1.807) is 0 Å². The van der Waals surface area contributed by atoms with E-state index in [1.807, 2.05) is 35.7 Å². The number of benzene rings is 1. The Balaban J connectivity index is 1.96. The van der Waals surface area contributed by atoms with E-state index < -0.39 is 0 Å². The third-order valence-corrected chi connectivity index (χ3v) is 5.44. The molecular weight excluding hydrogens is 236 g/mol. The number of carbonyl (C=O) groups excluding carboxylic acids is 1. The van der Waals surface area contributed by atoms with Crippen LogP contribution < -0.4 is 0 Å². The van der Waals surface area contributed by atoms with E-state index in [2.05, 4.69) is 19.1 Å². The van der Waals surface area contributed by atoms with Crippen LogP contribution in [-0.4, -0.2) is 28.3 Å². The summed E-state index contributed by atoms with van der Waals surface area (Å²) in [4.78, 5) is 12.0. The van der Waals surface area contributed by atoms with Crippen LogP contribution in [0.25, 0.3) is 0 Å². The molecule has 0 aromatic heterocycles. The molecule has 2 rings (SSSR count). The van der Waals surface area contributed by atoms with Crippen LogP contribution in [0, 0.1) is 6.92 Å². The second-order valence-corrected chi connectivity index (χ2v) is 6.53. The van der Waals surface area contributed by atoms with Gasteiger partial charge in [0.15, 0.2) is 5.78 Å². The maximum atomic E-state index is 12.0. The van der Waals surface area contributed by atoms with E-state index in [0.717, 1.165) is 17.1 Å². The molecule has 1 aromatic carbocycles. The van der Waals surface area contributed by atoms with Crippen LogP contribution in [0.4, 0.5) is 0 Å². The van der Waals surface area contributed by atoms with Gasteiger partial charge in [0.25, 0.3) is 0 Å². The molecular formula is C13H16OS2. The molecule has 1 heterocycles. The topological polar surface area (TPSA) is 17.1 Å². The minimum Gasteiger partial charge on any atom is -0.298 e. The number of carbonyl (C=O) groups is 1. The maximum absolute atomic E-state index is 12.0. The second kappa shape index (κ2) is 5.78. The molecule has 0 aliphatic carbocycles. The van der Waals surface area contributed by atoms with Crippen molar-refractivity contribution in [3.63, 3.8) is 0 Å². The van der Waals surface area contributed by atoms with E-state index in [4.69, 9.17) is 0 Å². The summed E-state index contributed by atoms with van der Waals surface area (Å²) < 4.78 is 0. The molecule has 0 radical (unpaired) electrons. The van der Waals surface area contributed by atoms with Gasteiger partial charge in [-0.2, -0.15) is 11.8 Å². The van der Waals surface area contributed by atoms with Gasteiger partial charge in [0.1, 0.15) is 0 Å².